The highest BCUT2D eigenvalue weighted by atomic mass is 19.1. The first kappa shape index (κ1) is 12.1. The third kappa shape index (κ3) is 3.09. The maximum atomic E-state index is 13.9. The van der Waals surface area contributed by atoms with Gasteiger partial charge in [-0.3, -0.25) is 4.98 Å². The number of hydrogen-bond donors (Lipinski definition) is 1. The van der Waals surface area contributed by atoms with Crippen LogP contribution in [0.3, 0.4) is 0 Å². The fraction of sp³-hybridized carbons (Fsp3) is 0.267. The summed E-state index contributed by atoms with van der Waals surface area (Å²) in [7, 11) is 0. The molecule has 19 heavy (non-hydrogen) atoms. The standard InChI is InChI=1S/C15H15FN2O/c16-14-5-1-3-11(9-18-12-6-7-12)15(14)19-13-4-2-8-17-10-13/h1-5,8,10,12,18H,6-7,9H2. The van der Waals surface area contributed by atoms with E-state index in [4.69, 9.17) is 4.74 Å². The SMILES string of the molecule is Fc1cccc(CNC2CC2)c1Oc1cccnc1. The number of para-hydroxylation sites is 1. The van der Waals surface area contributed by atoms with E-state index in [2.05, 4.69) is 10.3 Å². The van der Waals surface area contributed by atoms with Crippen LogP contribution in [0.5, 0.6) is 11.5 Å². The van der Waals surface area contributed by atoms with Gasteiger partial charge in [0.2, 0.25) is 0 Å². The minimum Gasteiger partial charge on any atom is -0.452 e. The molecule has 0 unspecified atom stereocenters. The van der Waals surface area contributed by atoms with Crippen molar-refractivity contribution in [2.45, 2.75) is 25.4 Å². The first-order chi connectivity index (χ1) is 9.33. The Kier molecular flexibility index (Phi) is 3.42. The van der Waals surface area contributed by atoms with Crippen LogP contribution in [0.4, 0.5) is 4.39 Å². The number of hydrogen-bond acceptors (Lipinski definition) is 3. The van der Waals surface area contributed by atoms with E-state index in [0.29, 0.717) is 18.3 Å². The Morgan fingerprint density at radius 3 is 2.89 bits per heavy atom. The first-order valence-corrected chi connectivity index (χ1v) is 6.41. The normalized spacial score (nSPS) is 14.4. The second kappa shape index (κ2) is 5.36. The Labute approximate surface area is 111 Å². The smallest absolute Gasteiger partial charge is 0.167 e. The lowest BCUT2D eigenvalue weighted by Gasteiger charge is -2.12. The second-order valence-electron chi connectivity index (χ2n) is 4.67. The topological polar surface area (TPSA) is 34.1 Å². The van der Waals surface area contributed by atoms with E-state index >= 15 is 0 Å². The molecule has 1 fully saturated rings. The Balaban J connectivity index is 1.81. The van der Waals surface area contributed by atoms with E-state index in [1.54, 1.807) is 30.6 Å². The van der Waals surface area contributed by atoms with Crippen molar-refractivity contribution < 1.29 is 9.13 Å². The average Bonchev–Trinajstić information content (AvgIpc) is 3.25. The van der Waals surface area contributed by atoms with Crippen molar-refractivity contribution in [2.75, 3.05) is 0 Å². The zero-order chi connectivity index (χ0) is 13.1. The molecule has 4 heteroatoms. The molecule has 1 aromatic heterocycles. The van der Waals surface area contributed by atoms with Gasteiger partial charge in [-0.15, -0.1) is 0 Å². The monoisotopic (exact) mass is 258 g/mol. The van der Waals surface area contributed by atoms with Gasteiger partial charge >= 0.3 is 0 Å². The van der Waals surface area contributed by atoms with Gasteiger partial charge in [0, 0.05) is 24.3 Å². The van der Waals surface area contributed by atoms with E-state index < -0.39 is 0 Å². The molecule has 0 spiro atoms. The van der Waals surface area contributed by atoms with Gasteiger partial charge in [0.1, 0.15) is 5.75 Å². The number of aromatic nitrogens is 1. The van der Waals surface area contributed by atoms with E-state index in [0.717, 1.165) is 5.56 Å². The zero-order valence-electron chi connectivity index (χ0n) is 10.5. The maximum absolute atomic E-state index is 13.9. The van der Waals surface area contributed by atoms with Gasteiger partial charge < -0.3 is 10.1 Å². The van der Waals surface area contributed by atoms with Gasteiger partial charge in [-0.05, 0) is 31.0 Å². The molecular formula is C15H15FN2O. The minimum atomic E-state index is -0.348. The quantitative estimate of drug-likeness (QED) is 0.893. The number of nitrogens with one attached hydrogen (secondary N) is 1. The van der Waals surface area contributed by atoms with Gasteiger partial charge in [0.15, 0.2) is 11.6 Å². The predicted molar refractivity (Wildman–Crippen MR) is 70.6 cm³/mol. The largest absolute Gasteiger partial charge is 0.452 e. The fourth-order valence-electron chi connectivity index (χ4n) is 1.87. The molecule has 2 aromatic rings. The number of benzene rings is 1. The summed E-state index contributed by atoms with van der Waals surface area (Å²) in [6.07, 6.45) is 5.64. The highest BCUT2D eigenvalue weighted by molar-refractivity contribution is 5.38. The van der Waals surface area contributed by atoms with Crippen LogP contribution in [0.1, 0.15) is 18.4 Å². The summed E-state index contributed by atoms with van der Waals surface area (Å²) in [4.78, 5) is 3.96. The molecule has 1 aromatic carbocycles. The Morgan fingerprint density at radius 2 is 2.16 bits per heavy atom. The van der Waals surface area contributed by atoms with Crippen molar-refractivity contribution in [1.82, 2.24) is 10.3 Å². The molecule has 0 saturated heterocycles. The van der Waals surface area contributed by atoms with Crippen molar-refractivity contribution in [2.24, 2.45) is 0 Å². The van der Waals surface area contributed by atoms with E-state index in [1.807, 2.05) is 6.07 Å². The number of nitrogens with zero attached hydrogens (tertiary/aromatic N) is 1. The summed E-state index contributed by atoms with van der Waals surface area (Å²) < 4.78 is 19.5. The Hall–Kier alpha value is -1.94. The molecular weight excluding hydrogens is 243 g/mol. The van der Waals surface area contributed by atoms with Crippen LogP contribution in [0.25, 0.3) is 0 Å². The highest BCUT2D eigenvalue weighted by Crippen LogP contribution is 2.29. The third-order valence-corrected chi connectivity index (χ3v) is 3.06. The molecule has 1 heterocycles. The van der Waals surface area contributed by atoms with E-state index in [1.165, 1.54) is 18.9 Å². The lowest BCUT2D eigenvalue weighted by Crippen LogP contribution is -2.16. The molecule has 0 radical (unpaired) electrons. The Bertz CT molecular complexity index is 555. The van der Waals surface area contributed by atoms with Crippen LogP contribution >= 0.6 is 0 Å². The summed E-state index contributed by atoms with van der Waals surface area (Å²) in [5.41, 5.74) is 0.829. The molecule has 98 valence electrons. The molecule has 0 atom stereocenters. The van der Waals surface area contributed by atoms with E-state index in [9.17, 15) is 4.39 Å². The Morgan fingerprint density at radius 1 is 1.26 bits per heavy atom. The highest BCUT2D eigenvalue weighted by Gasteiger charge is 2.21. The fourth-order valence-corrected chi connectivity index (χ4v) is 1.87. The summed E-state index contributed by atoms with van der Waals surface area (Å²) in [6.45, 7) is 0.623. The van der Waals surface area contributed by atoms with Gasteiger partial charge in [-0.25, -0.2) is 4.39 Å². The van der Waals surface area contributed by atoms with Crippen LogP contribution in [0, 0.1) is 5.82 Å². The van der Waals surface area contributed by atoms with Crippen LogP contribution in [0.2, 0.25) is 0 Å². The molecule has 3 rings (SSSR count). The van der Waals surface area contributed by atoms with Crippen LogP contribution < -0.4 is 10.1 Å². The second-order valence-corrected chi connectivity index (χ2v) is 4.67. The minimum absolute atomic E-state index is 0.281. The van der Waals surface area contributed by atoms with Gasteiger partial charge in [0.25, 0.3) is 0 Å². The molecule has 0 aliphatic heterocycles. The van der Waals surface area contributed by atoms with Crippen molar-refractivity contribution in [3.05, 3.63) is 54.1 Å². The first-order valence-electron chi connectivity index (χ1n) is 6.41. The van der Waals surface area contributed by atoms with Gasteiger partial charge in [-0.1, -0.05) is 12.1 Å². The third-order valence-electron chi connectivity index (χ3n) is 3.06. The number of pyridine rings is 1. The number of halogens is 1. The van der Waals surface area contributed by atoms with Crippen molar-refractivity contribution in [3.63, 3.8) is 0 Å². The van der Waals surface area contributed by atoms with Crippen molar-refractivity contribution in [1.29, 1.82) is 0 Å². The summed E-state index contributed by atoms with van der Waals surface area (Å²) >= 11 is 0. The molecule has 1 saturated carbocycles. The van der Waals surface area contributed by atoms with Crippen LogP contribution in [0.15, 0.2) is 42.7 Å². The van der Waals surface area contributed by atoms with Crippen LogP contribution in [-0.2, 0) is 6.54 Å². The van der Waals surface area contributed by atoms with Gasteiger partial charge in [-0.2, -0.15) is 0 Å². The zero-order valence-corrected chi connectivity index (χ0v) is 10.5. The maximum Gasteiger partial charge on any atom is 0.167 e. The average molecular weight is 258 g/mol. The molecule has 0 bridgehead atoms. The lowest BCUT2D eigenvalue weighted by molar-refractivity contribution is 0.432. The van der Waals surface area contributed by atoms with Crippen LogP contribution in [-0.4, -0.2) is 11.0 Å². The van der Waals surface area contributed by atoms with Gasteiger partial charge in [0.05, 0.1) is 6.20 Å². The van der Waals surface area contributed by atoms with Crippen molar-refractivity contribution in [3.8, 4) is 11.5 Å². The molecule has 1 aliphatic carbocycles. The van der Waals surface area contributed by atoms with E-state index in [-0.39, 0.29) is 11.6 Å². The molecule has 0 amide bonds. The molecule has 1 aliphatic rings. The van der Waals surface area contributed by atoms with Crippen molar-refractivity contribution >= 4 is 0 Å². The lowest BCUT2D eigenvalue weighted by atomic mass is 10.2. The molecule has 3 nitrogen and oxygen atoms in total. The number of rotatable bonds is 5. The number of ether oxygens (including phenoxy) is 1. The summed E-state index contributed by atoms with van der Waals surface area (Å²) in [6, 6.07) is 9.09. The predicted octanol–water partition coefficient (Wildman–Crippen LogP) is 3.27. The molecule has 1 N–H and O–H groups in total. The summed E-state index contributed by atoms with van der Waals surface area (Å²) in [5.74, 6) is 0.475. The summed E-state index contributed by atoms with van der Waals surface area (Å²) in [5, 5.41) is 3.36.